The number of nitrogens with zero attached hydrogens (tertiary/aromatic N) is 2. The Morgan fingerprint density at radius 3 is 2.50 bits per heavy atom. The molecule has 0 aliphatic rings. The van der Waals surface area contributed by atoms with Crippen molar-refractivity contribution in [3.63, 3.8) is 0 Å². The van der Waals surface area contributed by atoms with Gasteiger partial charge in [0, 0.05) is 17.1 Å². The van der Waals surface area contributed by atoms with E-state index in [4.69, 9.17) is 0 Å². The van der Waals surface area contributed by atoms with E-state index in [-0.39, 0.29) is 5.52 Å². The highest BCUT2D eigenvalue weighted by Crippen LogP contribution is 2.25. The Labute approximate surface area is 112 Å². The first-order chi connectivity index (χ1) is 9.65. The molecule has 3 nitrogen and oxygen atoms in total. The molecular formula is C14H8F3N3. The lowest BCUT2D eigenvalue weighted by atomic mass is 10.2. The summed E-state index contributed by atoms with van der Waals surface area (Å²) in [6, 6.07) is 7.82. The summed E-state index contributed by atoms with van der Waals surface area (Å²) in [5.41, 5.74) is 0.473. The predicted octanol–water partition coefficient (Wildman–Crippen LogP) is 3.79. The van der Waals surface area contributed by atoms with Crippen LogP contribution >= 0.6 is 0 Å². The van der Waals surface area contributed by atoms with Gasteiger partial charge in [0.15, 0.2) is 11.6 Å². The van der Waals surface area contributed by atoms with Crippen molar-refractivity contribution in [2.24, 2.45) is 0 Å². The molecule has 6 heteroatoms. The van der Waals surface area contributed by atoms with Crippen LogP contribution in [0.3, 0.4) is 0 Å². The minimum atomic E-state index is -0.973. The van der Waals surface area contributed by atoms with E-state index in [1.165, 1.54) is 24.5 Å². The molecule has 1 heterocycles. The first kappa shape index (κ1) is 12.4. The molecule has 3 aromatic rings. The average molecular weight is 275 g/mol. The molecule has 2 aromatic carbocycles. The van der Waals surface area contributed by atoms with Crippen molar-refractivity contribution < 1.29 is 13.2 Å². The van der Waals surface area contributed by atoms with Crippen molar-refractivity contribution in [3.8, 4) is 0 Å². The first-order valence-electron chi connectivity index (χ1n) is 5.76. The van der Waals surface area contributed by atoms with Crippen molar-refractivity contribution in [2.75, 3.05) is 5.32 Å². The highest BCUT2D eigenvalue weighted by atomic mass is 19.2. The largest absolute Gasteiger partial charge is 0.340 e. The van der Waals surface area contributed by atoms with E-state index in [9.17, 15) is 13.2 Å². The van der Waals surface area contributed by atoms with Gasteiger partial charge in [-0.3, -0.25) is 0 Å². The molecule has 0 unspecified atom stereocenters. The molecule has 0 spiro atoms. The normalized spacial score (nSPS) is 10.8. The van der Waals surface area contributed by atoms with Gasteiger partial charge in [-0.05, 0) is 24.3 Å². The zero-order chi connectivity index (χ0) is 14.1. The molecule has 0 aliphatic heterocycles. The minimum Gasteiger partial charge on any atom is -0.340 e. The molecule has 0 radical (unpaired) electrons. The number of benzene rings is 2. The smallest absolute Gasteiger partial charge is 0.160 e. The van der Waals surface area contributed by atoms with Crippen LogP contribution in [0.2, 0.25) is 0 Å². The van der Waals surface area contributed by atoms with Gasteiger partial charge in [-0.25, -0.2) is 23.1 Å². The summed E-state index contributed by atoms with van der Waals surface area (Å²) in [6.07, 6.45) is 1.20. The third-order valence-corrected chi connectivity index (χ3v) is 2.80. The number of halogens is 3. The lowest BCUT2D eigenvalue weighted by Gasteiger charge is -2.08. The van der Waals surface area contributed by atoms with Gasteiger partial charge in [-0.1, -0.05) is 6.07 Å². The third-order valence-electron chi connectivity index (χ3n) is 2.80. The maximum atomic E-state index is 13.6. The zero-order valence-electron chi connectivity index (χ0n) is 10.1. The Morgan fingerprint density at radius 2 is 1.70 bits per heavy atom. The number of nitrogens with one attached hydrogen (secondary N) is 1. The highest BCUT2D eigenvalue weighted by Gasteiger charge is 2.08. The fourth-order valence-electron chi connectivity index (χ4n) is 1.86. The van der Waals surface area contributed by atoms with Crippen molar-refractivity contribution >= 4 is 22.4 Å². The molecule has 0 fully saturated rings. The lowest BCUT2D eigenvalue weighted by molar-refractivity contribution is 0.509. The van der Waals surface area contributed by atoms with Gasteiger partial charge in [0.25, 0.3) is 0 Å². The highest BCUT2D eigenvalue weighted by molar-refractivity contribution is 5.90. The number of anilines is 2. The second-order valence-corrected chi connectivity index (χ2v) is 4.11. The van der Waals surface area contributed by atoms with E-state index in [1.807, 2.05) is 0 Å². The van der Waals surface area contributed by atoms with E-state index in [1.54, 1.807) is 6.07 Å². The van der Waals surface area contributed by atoms with Crippen molar-refractivity contribution in [3.05, 3.63) is 60.2 Å². The molecule has 3 rings (SSSR count). The fraction of sp³-hybridized carbons (Fsp3) is 0. The molecule has 1 N–H and O–H groups in total. The van der Waals surface area contributed by atoms with Gasteiger partial charge in [0.1, 0.15) is 23.5 Å². The van der Waals surface area contributed by atoms with Gasteiger partial charge < -0.3 is 5.32 Å². The summed E-state index contributed by atoms with van der Waals surface area (Å²) in [5, 5.41) is 3.27. The lowest BCUT2D eigenvalue weighted by Crippen LogP contribution is -1.98. The Bertz CT molecular complexity index is 790. The first-order valence-corrected chi connectivity index (χ1v) is 5.76. The van der Waals surface area contributed by atoms with E-state index >= 15 is 0 Å². The van der Waals surface area contributed by atoms with Gasteiger partial charge in [-0.15, -0.1) is 0 Å². The quantitative estimate of drug-likeness (QED) is 0.773. The maximum absolute atomic E-state index is 13.6. The third kappa shape index (κ3) is 2.16. The van der Waals surface area contributed by atoms with Gasteiger partial charge in [0.05, 0.1) is 0 Å². The summed E-state index contributed by atoms with van der Waals surface area (Å²) >= 11 is 0. The number of para-hydroxylation sites is 1. The molecule has 0 atom stereocenters. The van der Waals surface area contributed by atoms with Crippen LogP contribution in [0.25, 0.3) is 10.9 Å². The van der Waals surface area contributed by atoms with Crippen LogP contribution in [-0.2, 0) is 0 Å². The standard InChI is InChI=1S/C14H8F3N3/c15-10-5-4-8(6-12(10)17)20-14-9-2-1-3-11(16)13(9)18-7-19-14/h1-7H,(H,18,19,20). The number of hydrogen-bond donors (Lipinski definition) is 1. The molecule has 0 aliphatic carbocycles. The van der Waals surface area contributed by atoms with Gasteiger partial charge >= 0.3 is 0 Å². The summed E-state index contributed by atoms with van der Waals surface area (Å²) in [5.74, 6) is -2.06. The Morgan fingerprint density at radius 1 is 0.850 bits per heavy atom. The van der Waals surface area contributed by atoms with Crippen molar-refractivity contribution in [2.45, 2.75) is 0 Å². The second kappa shape index (κ2) is 4.80. The topological polar surface area (TPSA) is 37.8 Å². The van der Waals surface area contributed by atoms with Crippen LogP contribution in [0, 0.1) is 17.5 Å². The van der Waals surface area contributed by atoms with E-state index in [2.05, 4.69) is 15.3 Å². The molecule has 0 bridgehead atoms. The minimum absolute atomic E-state index is 0.160. The van der Waals surface area contributed by atoms with E-state index < -0.39 is 17.5 Å². The Kier molecular flexibility index (Phi) is 2.98. The van der Waals surface area contributed by atoms with Crippen LogP contribution in [0.4, 0.5) is 24.7 Å². The SMILES string of the molecule is Fc1ccc(Nc2ncnc3c(F)cccc23)cc1F. The number of hydrogen-bond acceptors (Lipinski definition) is 3. The average Bonchev–Trinajstić information content (AvgIpc) is 2.44. The number of aromatic nitrogens is 2. The number of fused-ring (bicyclic) bond motifs is 1. The maximum Gasteiger partial charge on any atom is 0.160 e. The van der Waals surface area contributed by atoms with Gasteiger partial charge in [-0.2, -0.15) is 0 Å². The molecule has 1 aromatic heterocycles. The predicted molar refractivity (Wildman–Crippen MR) is 69.1 cm³/mol. The van der Waals surface area contributed by atoms with Crippen LogP contribution in [-0.4, -0.2) is 9.97 Å². The van der Waals surface area contributed by atoms with Crippen LogP contribution < -0.4 is 5.32 Å². The van der Waals surface area contributed by atoms with E-state index in [0.717, 1.165) is 12.1 Å². The zero-order valence-corrected chi connectivity index (χ0v) is 10.1. The molecule has 100 valence electrons. The van der Waals surface area contributed by atoms with Crippen LogP contribution in [0.1, 0.15) is 0 Å². The summed E-state index contributed by atoms with van der Waals surface area (Å²) in [4.78, 5) is 7.84. The van der Waals surface area contributed by atoms with Crippen molar-refractivity contribution in [1.29, 1.82) is 0 Å². The van der Waals surface area contributed by atoms with Gasteiger partial charge in [0.2, 0.25) is 0 Å². The summed E-state index contributed by atoms with van der Waals surface area (Å²) in [6.45, 7) is 0. The van der Waals surface area contributed by atoms with Crippen LogP contribution in [0.15, 0.2) is 42.7 Å². The fourth-order valence-corrected chi connectivity index (χ4v) is 1.86. The molecule has 20 heavy (non-hydrogen) atoms. The number of rotatable bonds is 2. The summed E-state index contributed by atoms with van der Waals surface area (Å²) in [7, 11) is 0. The Balaban J connectivity index is 2.06. The monoisotopic (exact) mass is 275 g/mol. The van der Waals surface area contributed by atoms with Crippen LogP contribution in [0.5, 0.6) is 0 Å². The molecule has 0 saturated carbocycles. The summed E-state index contributed by atoms with van der Waals surface area (Å²) < 4.78 is 39.6. The Hall–Kier alpha value is -2.63. The molecule has 0 saturated heterocycles. The second-order valence-electron chi connectivity index (χ2n) is 4.11. The molecular weight excluding hydrogens is 267 g/mol. The molecule has 0 amide bonds. The van der Waals surface area contributed by atoms with Crippen molar-refractivity contribution in [1.82, 2.24) is 9.97 Å². The van der Waals surface area contributed by atoms with E-state index in [0.29, 0.717) is 16.9 Å².